The number of nitrogens with zero attached hydrogens (tertiary/aromatic N) is 2. The highest BCUT2D eigenvalue weighted by Crippen LogP contribution is 2.08. The van der Waals surface area contributed by atoms with E-state index in [0.717, 1.165) is 6.42 Å². The van der Waals surface area contributed by atoms with Crippen molar-refractivity contribution in [1.29, 1.82) is 0 Å². The van der Waals surface area contributed by atoms with Crippen LogP contribution in [0.5, 0.6) is 0 Å². The van der Waals surface area contributed by atoms with Crippen molar-refractivity contribution in [2.75, 3.05) is 0 Å². The van der Waals surface area contributed by atoms with Gasteiger partial charge in [0.05, 0.1) is 11.8 Å². The molecule has 88 valence electrons. The Morgan fingerprint density at radius 3 is 2.75 bits per heavy atom. The van der Waals surface area contributed by atoms with Crippen LogP contribution in [0, 0.1) is 0 Å². The molecule has 1 heterocycles. The average Bonchev–Trinajstić information content (AvgIpc) is 2.59. The first kappa shape index (κ1) is 12.2. The Hall–Kier alpha value is -1.85. The molecule has 1 atom stereocenters. The topological polar surface area (TPSA) is 84.2 Å². The van der Waals surface area contributed by atoms with Crippen LogP contribution in [0.4, 0.5) is 0 Å². The van der Waals surface area contributed by atoms with E-state index in [9.17, 15) is 9.59 Å². The number of rotatable bonds is 4. The minimum absolute atomic E-state index is 0.00866. The molecule has 0 radical (unpaired) electrons. The van der Waals surface area contributed by atoms with Gasteiger partial charge in [-0.1, -0.05) is 6.92 Å². The molecule has 2 N–H and O–H groups in total. The van der Waals surface area contributed by atoms with Gasteiger partial charge >= 0.3 is 5.97 Å². The molecule has 0 aliphatic heterocycles. The first-order chi connectivity index (χ1) is 7.47. The number of carboxylic acid groups (broad SMARTS) is 1. The van der Waals surface area contributed by atoms with E-state index >= 15 is 0 Å². The number of hydrogen-bond acceptors (Lipinski definition) is 3. The number of carbonyl (C=O) groups excluding carboxylic acids is 1. The molecule has 0 aromatic carbocycles. The molecule has 0 spiro atoms. The largest absolute Gasteiger partial charge is 0.477 e. The zero-order valence-corrected chi connectivity index (χ0v) is 9.52. The summed E-state index contributed by atoms with van der Waals surface area (Å²) in [4.78, 5) is 22.6. The van der Waals surface area contributed by atoms with Gasteiger partial charge in [-0.05, 0) is 13.3 Å². The second kappa shape index (κ2) is 4.78. The lowest BCUT2D eigenvalue weighted by molar-refractivity contribution is 0.0678. The van der Waals surface area contributed by atoms with Crippen molar-refractivity contribution in [3.63, 3.8) is 0 Å². The number of carboxylic acids is 1. The molecule has 0 saturated heterocycles. The van der Waals surface area contributed by atoms with Gasteiger partial charge in [0.15, 0.2) is 5.69 Å². The quantitative estimate of drug-likeness (QED) is 0.787. The maximum atomic E-state index is 11.7. The second-order valence-corrected chi connectivity index (χ2v) is 3.62. The van der Waals surface area contributed by atoms with Gasteiger partial charge < -0.3 is 10.4 Å². The summed E-state index contributed by atoms with van der Waals surface area (Å²) in [5.74, 6) is -1.56. The van der Waals surface area contributed by atoms with Gasteiger partial charge in [0.25, 0.3) is 5.91 Å². The predicted molar refractivity (Wildman–Crippen MR) is 57.4 cm³/mol. The van der Waals surface area contributed by atoms with Crippen LogP contribution in [0.25, 0.3) is 0 Å². The maximum absolute atomic E-state index is 11.7. The van der Waals surface area contributed by atoms with Crippen molar-refractivity contribution >= 4 is 11.9 Å². The zero-order chi connectivity index (χ0) is 12.3. The Morgan fingerprint density at radius 1 is 1.62 bits per heavy atom. The molecule has 16 heavy (non-hydrogen) atoms. The number of aromatic carboxylic acids is 1. The number of carbonyl (C=O) groups is 2. The van der Waals surface area contributed by atoms with E-state index in [1.54, 1.807) is 0 Å². The highest BCUT2D eigenvalue weighted by molar-refractivity contribution is 6.03. The lowest BCUT2D eigenvalue weighted by Gasteiger charge is -2.10. The summed E-state index contributed by atoms with van der Waals surface area (Å²) in [6, 6.07) is 0.00866. The van der Waals surface area contributed by atoms with Crippen LogP contribution >= 0.6 is 0 Å². The first-order valence-corrected chi connectivity index (χ1v) is 5.03. The van der Waals surface area contributed by atoms with Gasteiger partial charge in [0.1, 0.15) is 0 Å². The fourth-order valence-electron chi connectivity index (χ4n) is 1.26. The third-order valence-corrected chi connectivity index (χ3v) is 2.38. The molecular formula is C10H15N3O3. The number of amides is 1. The summed E-state index contributed by atoms with van der Waals surface area (Å²) < 4.78 is 1.17. The van der Waals surface area contributed by atoms with Crippen molar-refractivity contribution in [1.82, 2.24) is 15.1 Å². The van der Waals surface area contributed by atoms with Crippen molar-refractivity contribution in [3.05, 3.63) is 17.5 Å². The Balaban J connectivity index is 2.96. The van der Waals surface area contributed by atoms with Crippen LogP contribution in [0.2, 0.25) is 0 Å². The van der Waals surface area contributed by atoms with Crippen LogP contribution in [0.3, 0.4) is 0 Å². The van der Waals surface area contributed by atoms with E-state index in [1.807, 2.05) is 13.8 Å². The van der Waals surface area contributed by atoms with Crippen molar-refractivity contribution in [2.24, 2.45) is 7.05 Å². The van der Waals surface area contributed by atoms with Gasteiger partial charge in [-0.2, -0.15) is 5.10 Å². The lowest BCUT2D eigenvalue weighted by Crippen LogP contribution is -2.32. The smallest absolute Gasteiger partial charge is 0.354 e. The molecule has 0 saturated carbocycles. The van der Waals surface area contributed by atoms with Crippen LogP contribution in [0.1, 0.15) is 41.1 Å². The fraction of sp³-hybridized carbons (Fsp3) is 0.500. The summed E-state index contributed by atoms with van der Waals surface area (Å²) in [5, 5.41) is 15.4. The highest BCUT2D eigenvalue weighted by atomic mass is 16.4. The summed E-state index contributed by atoms with van der Waals surface area (Å²) in [6.45, 7) is 3.79. The molecule has 1 rings (SSSR count). The summed E-state index contributed by atoms with van der Waals surface area (Å²) >= 11 is 0. The molecule has 6 nitrogen and oxygen atoms in total. The molecule has 1 aromatic rings. The lowest BCUT2D eigenvalue weighted by atomic mass is 10.2. The average molecular weight is 225 g/mol. The minimum atomic E-state index is -1.16. The Morgan fingerprint density at radius 2 is 2.25 bits per heavy atom. The van der Waals surface area contributed by atoms with E-state index in [4.69, 9.17) is 5.11 Å². The van der Waals surface area contributed by atoms with Crippen LogP contribution in [-0.2, 0) is 7.05 Å². The molecule has 1 amide bonds. The summed E-state index contributed by atoms with van der Waals surface area (Å²) in [6.07, 6.45) is 2.05. The van der Waals surface area contributed by atoms with Crippen LogP contribution in [-0.4, -0.2) is 32.8 Å². The third-order valence-electron chi connectivity index (χ3n) is 2.38. The monoisotopic (exact) mass is 225 g/mol. The van der Waals surface area contributed by atoms with Gasteiger partial charge in [-0.3, -0.25) is 9.48 Å². The molecular weight excluding hydrogens is 210 g/mol. The normalized spacial score (nSPS) is 12.2. The van der Waals surface area contributed by atoms with Crippen LogP contribution < -0.4 is 5.32 Å². The predicted octanol–water partition coefficient (Wildman–Crippen LogP) is 0.647. The number of aryl methyl sites for hydroxylation is 1. The molecule has 0 fully saturated rings. The third kappa shape index (κ3) is 2.39. The Labute approximate surface area is 93.3 Å². The first-order valence-electron chi connectivity index (χ1n) is 5.03. The summed E-state index contributed by atoms with van der Waals surface area (Å²) in [7, 11) is 1.49. The van der Waals surface area contributed by atoms with E-state index < -0.39 is 11.9 Å². The van der Waals surface area contributed by atoms with Gasteiger partial charge in [-0.25, -0.2) is 4.79 Å². The molecule has 1 unspecified atom stereocenters. The summed E-state index contributed by atoms with van der Waals surface area (Å²) in [5.41, 5.74) is -0.00361. The van der Waals surface area contributed by atoms with Gasteiger partial charge in [0.2, 0.25) is 0 Å². The number of aromatic nitrogens is 2. The van der Waals surface area contributed by atoms with Crippen molar-refractivity contribution < 1.29 is 14.7 Å². The standard InChI is InChI=1S/C10H15N3O3/c1-4-6(2)12-9(14)7-5-11-13(3)8(7)10(15)16/h5-6H,4H2,1-3H3,(H,12,14)(H,15,16). The van der Waals surface area contributed by atoms with Gasteiger partial charge in [0, 0.05) is 13.1 Å². The van der Waals surface area contributed by atoms with E-state index in [2.05, 4.69) is 10.4 Å². The zero-order valence-electron chi connectivity index (χ0n) is 9.52. The fourth-order valence-corrected chi connectivity index (χ4v) is 1.26. The van der Waals surface area contributed by atoms with Crippen molar-refractivity contribution in [3.8, 4) is 0 Å². The molecule has 0 bridgehead atoms. The van der Waals surface area contributed by atoms with Crippen LogP contribution in [0.15, 0.2) is 6.20 Å². The van der Waals surface area contributed by atoms with E-state index in [1.165, 1.54) is 17.9 Å². The molecule has 0 aliphatic rings. The minimum Gasteiger partial charge on any atom is -0.477 e. The van der Waals surface area contributed by atoms with Gasteiger partial charge in [-0.15, -0.1) is 0 Å². The number of hydrogen-bond donors (Lipinski definition) is 2. The Bertz CT molecular complexity index is 411. The van der Waals surface area contributed by atoms with E-state index in [-0.39, 0.29) is 17.3 Å². The molecule has 6 heteroatoms. The van der Waals surface area contributed by atoms with E-state index in [0.29, 0.717) is 0 Å². The Kier molecular flexibility index (Phi) is 3.65. The molecule has 0 aliphatic carbocycles. The SMILES string of the molecule is CCC(C)NC(=O)c1cnn(C)c1C(=O)O. The molecule has 1 aromatic heterocycles. The maximum Gasteiger partial charge on any atom is 0.354 e. The highest BCUT2D eigenvalue weighted by Gasteiger charge is 2.21. The number of nitrogens with one attached hydrogen (secondary N) is 1. The second-order valence-electron chi connectivity index (χ2n) is 3.62. The van der Waals surface area contributed by atoms with Crippen molar-refractivity contribution in [2.45, 2.75) is 26.3 Å².